The van der Waals surface area contributed by atoms with Gasteiger partial charge in [0.2, 0.25) is 11.8 Å². The molecule has 3 N–H and O–H groups in total. The van der Waals surface area contributed by atoms with E-state index in [-0.39, 0.29) is 29.7 Å². The molecule has 2 fully saturated rings. The molecule has 24 heavy (non-hydrogen) atoms. The second-order valence-electron chi connectivity index (χ2n) is 7.69. The number of nitrogens with one attached hydrogen (secondary N) is 2. The Bertz CT molecular complexity index is 420. The van der Waals surface area contributed by atoms with Gasteiger partial charge in [-0.15, -0.1) is 0 Å². The molecule has 0 bridgehead atoms. The number of carbonyl (C=O) groups is 2. The van der Waals surface area contributed by atoms with E-state index < -0.39 is 5.60 Å². The molecule has 2 aliphatic carbocycles. The Morgan fingerprint density at radius 3 is 2.00 bits per heavy atom. The van der Waals surface area contributed by atoms with E-state index in [0.717, 1.165) is 38.5 Å². The van der Waals surface area contributed by atoms with E-state index in [4.69, 9.17) is 0 Å². The molecule has 0 saturated heterocycles. The van der Waals surface area contributed by atoms with Crippen LogP contribution in [0.2, 0.25) is 0 Å². The van der Waals surface area contributed by atoms with Gasteiger partial charge in [0.1, 0.15) is 0 Å². The van der Waals surface area contributed by atoms with Gasteiger partial charge in [0.05, 0.1) is 5.60 Å². The standard InChI is InChI=1S/C19H34N2O3/c1-3-19(24,4-2)13-20-17(22)15-9-11-16(12-10-15)21-18(23)14-7-5-6-8-14/h14-16,24H,3-13H2,1-2H3,(H,20,22)(H,21,23). The Labute approximate surface area is 146 Å². The quantitative estimate of drug-likeness (QED) is 0.667. The second kappa shape index (κ2) is 8.84. The molecule has 138 valence electrons. The normalized spacial score (nSPS) is 25.5. The van der Waals surface area contributed by atoms with Crippen LogP contribution in [-0.4, -0.2) is 35.1 Å². The van der Waals surface area contributed by atoms with E-state index in [1.165, 1.54) is 12.8 Å². The number of amides is 2. The molecule has 5 heteroatoms. The molecule has 0 heterocycles. The zero-order chi connectivity index (χ0) is 17.6. The summed E-state index contributed by atoms with van der Waals surface area (Å²) in [6.07, 6.45) is 9.08. The lowest BCUT2D eigenvalue weighted by Gasteiger charge is -2.31. The molecule has 2 rings (SSSR count). The second-order valence-corrected chi connectivity index (χ2v) is 7.69. The first-order valence-electron chi connectivity index (χ1n) is 9.78. The van der Waals surface area contributed by atoms with E-state index in [2.05, 4.69) is 10.6 Å². The smallest absolute Gasteiger partial charge is 0.223 e. The van der Waals surface area contributed by atoms with Crippen molar-refractivity contribution in [2.24, 2.45) is 11.8 Å². The highest BCUT2D eigenvalue weighted by Gasteiger charge is 2.31. The number of rotatable bonds is 7. The van der Waals surface area contributed by atoms with Crippen LogP contribution in [0.3, 0.4) is 0 Å². The van der Waals surface area contributed by atoms with Crippen molar-refractivity contribution in [2.45, 2.75) is 89.7 Å². The lowest BCUT2D eigenvalue weighted by atomic mass is 9.85. The molecule has 2 aliphatic rings. The van der Waals surface area contributed by atoms with Crippen LogP contribution in [0.25, 0.3) is 0 Å². The van der Waals surface area contributed by atoms with Gasteiger partial charge in [-0.1, -0.05) is 26.7 Å². The molecule has 0 aromatic heterocycles. The fourth-order valence-corrected chi connectivity index (χ4v) is 3.90. The van der Waals surface area contributed by atoms with E-state index in [9.17, 15) is 14.7 Å². The van der Waals surface area contributed by atoms with Gasteiger partial charge in [-0.2, -0.15) is 0 Å². The number of hydrogen-bond acceptors (Lipinski definition) is 3. The van der Waals surface area contributed by atoms with Gasteiger partial charge in [-0.25, -0.2) is 0 Å². The maximum Gasteiger partial charge on any atom is 0.223 e. The summed E-state index contributed by atoms with van der Waals surface area (Å²) in [5, 5.41) is 16.4. The van der Waals surface area contributed by atoms with Crippen molar-refractivity contribution in [2.75, 3.05) is 6.54 Å². The largest absolute Gasteiger partial charge is 0.388 e. The summed E-state index contributed by atoms with van der Waals surface area (Å²) in [5.41, 5.74) is -0.790. The first kappa shape index (κ1) is 19.2. The minimum Gasteiger partial charge on any atom is -0.388 e. The number of hydrogen-bond donors (Lipinski definition) is 3. The third-order valence-electron chi connectivity index (χ3n) is 6.08. The van der Waals surface area contributed by atoms with Crippen LogP contribution in [-0.2, 0) is 9.59 Å². The van der Waals surface area contributed by atoms with Gasteiger partial charge in [-0.05, 0) is 51.4 Å². The fourth-order valence-electron chi connectivity index (χ4n) is 3.90. The zero-order valence-electron chi connectivity index (χ0n) is 15.3. The summed E-state index contributed by atoms with van der Waals surface area (Å²) in [6.45, 7) is 4.21. The zero-order valence-corrected chi connectivity index (χ0v) is 15.3. The lowest BCUT2D eigenvalue weighted by Crippen LogP contribution is -2.46. The first-order chi connectivity index (χ1) is 11.5. The van der Waals surface area contributed by atoms with Crippen molar-refractivity contribution in [1.82, 2.24) is 10.6 Å². The summed E-state index contributed by atoms with van der Waals surface area (Å²) in [5.74, 6) is 0.502. The van der Waals surface area contributed by atoms with Gasteiger partial charge >= 0.3 is 0 Å². The Kier molecular flexibility index (Phi) is 7.08. The molecule has 0 aliphatic heterocycles. The van der Waals surface area contributed by atoms with Crippen LogP contribution in [0.4, 0.5) is 0 Å². The Morgan fingerprint density at radius 2 is 1.46 bits per heavy atom. The molecular formula is C19H34N2O3. The van der Waals surface area contributed by atoms with Crippen LogP contribution in [0.5, 0.6) is 0 Å². The summed E-state index contributed by atoms with van der Waals surface area (Å²) in [7, 11) is 0. The highest BCUT2D eigenvalue weighted by atomic mass is 16.3. The maximum absolute atomic E-state index is 12.3. The van der Waals surface area contributed by atoms with Gasteiger partial charge < -0.3 is 15.7 Å². The topological polar surface area (TPSA) is 78.4 Å². The van der Waals surface area contributed by atoms with Crippen molar-refractivity contribution in [3.05, 3.63) is 0 Å². The summed E-state index contributed by atoms with van der Waals surface area (Å²) in [6, 6.07) is 0.227. The van der Waals surface area contributed by atoms with E-state index in [1.54, 1.807) is 0 Å². The molecule has 0 radical (unpaired) electrons. The third-order valence-corrected chi connectivity index (χ3v) is 6.08. The summed E-state index contributed by atoms with van der Waals surface area (Å²) in [4.78, 5) is 24.5. The summed E-state index contributed by atoms with van der Waals surface area (Å²) < 4.78 is 0. The van der Waals surface area contributed by atoms with Gasteiger partial charge in [-0.3, -0.25) is 9.59 Å². The highest BCUT2D eigenvalue weighted by molar-refractivity contribution is 5.80. The average Bonchev–Trinajstić information content (AvgIpc) is 3.15. The van der Waals surface area contributed by atoms with Crippen molar-refractivity contribution in [1.29, 1.82) is 0 Å². The van der Waals surface area contributed by atoms with Gasteiger partial charge in [0.25, 0.3) is 0 Å². The van der Waals surface area contributed by atoms with Crippen molar-refractivity contribution < 1.29 is 14.7 Å². The fraction of sp³-hybridized carbons (Fsp3) is 0.895. The molecule has 0 unspecified atom stereocenters. The summed E-state index contributed by atoms with van der Waals surface area (Å²) >= 11 is 0. The van der Waals surface area contributed by atoms with Gasteiger partial charge in [0.15, 0.2) is 0 Å². The molecule has 2 saturated carbocycles. The molecule has 0 atom stereocenters. The minimum atomic E-state index is -0.790. The monoisotopic (exact) mass is 338 g/mol. The molecule has 2 amide bonds. The van der Waals surface area contributed by atoms with Gasteiger partial charge in [0, 0.05) is 24.4 Å². The average molecular weight is 338 g/mol. The van der Waals surface area contributed by atoms with E-state index in [1.807, 2.05) is 13.8 Å². The molecule has 5 nitrogen and oxygen atoms in total. The molecule has 0 aromatic rings. The molecular weight excluding hydrogens is 304 g/mol. The Hall–Kier alpha value is -1.10. The van der Waals surface area contributed by atoms with Crippen LogP contribution >= 0.6 is 0 Å². The lowest BCUT2D eigenvalue weighted by molar-refractivity contribution is -0.127. The van der Waals surface area contributed by atoms with Crippen LogP contribution in [0.1, 0.15) is 78.1 Å². The van der Waals surface area contributed by atoms with Crippen LogP contribution < -0.4 is 10.6 Å². The van der Waals surface area contributed by atoms with Crippen molar-refractivity contribution in [3.63, 3.8) is 0 Å². The Morgan fingerprint density at radius 1 is 0.917 bits per heavy atom. The Balaban J connectivity index is 1.69. The predicted octanol–water partition coefficient (Wildman–Crippen LogP) is 2.52. The SMILES string of the molecule is CCC(O)(CC)CNC(=O)C1CCC(NC(=O)C2CCCC2)CC1. The first-order valence-corrected chi connectivity index (χ1v) is 9.78. The number of aliphatic hydroxyl groups is 1. The van der Waals surface area contributed by atoms with Crippen LogP contribution in [0.15, 0.2) is 0 Å². The highest BCUT2D eigenvalue weighted by Crippen LogP contribution is 2.28. The third kappa shape index (κ3) is 5.20. The molecule has 0 aromatic carbocycles. The van der Waals surface area contributed by atoms with Crippen LogP contribution in [0, 0.1) is 11.8 Å². The van der Waals surface area contributed by atoms with E-state index in [0.29, 0.717) is 19.4 Å². The molecule has 0 spiro atoms. The number of carbonyl (C=O) groups excluding carboxylic acids is 2. The maximum atomic E-state index is 12.3. The minimum absolute atomic E-state index is 0.0163. The van der Waals surface area contributed by atoms with E-state index >= 15 is 0 Å². The predicted molar refractivity (Wildman–Crippen MR) is 94.4 cm³/mol. The van der Waals surface area contributed by atoms with Crippen molar-refractivity contribution >= 4 is 11.8 Å². The van der Waals surface area contributed by atoms with Crippen molar-refractivity contribution in [3.8, 4) is 0 Å².